The van der Waals surface area contributed by atoms with Crippen LogP contribution >= 0.6 is 0 Å². The van der Waals surface area contributed by atoms with Gasteiger partial charge in [-0.3, -0.25) is 0 Å². The molecule has 0 heterocycles. The minimum absolute atomic E-state index is 4.51. The Balaban J connectivity index is 0. The average Bonchev–Trinajstić information content (AvgIpc) is 1.25. The van der Waals surface area contributed by atoms with Gasteiger partial charge in [-0.1, -0.05) is 0 Å². The van der Waals surface area contributed by atoms with Gasteiger partial charge in [-0.05, 0) is 0 Å². The van der Waals surface area contributed by atoms with E-state index < -0.39 is 85.5 Å². The standard InChI is InChI=1S/6FH.2Yb/h6*1H;;/q;;;;;;2*+3/p-6. The maximum absolute atomic E-state index is 9.79. The zero-order valence-corrected chi connectivity index (χ0v) is 6.23. The first-order valence-corrected chi connectivity index (χ1v) is 4.49. The average molecular weight is 460 g/mol. The number of hydrogen-bond donors (Lipinski definition) is 0. The van der Waals surface area contributed by atoms with Crippen LogP contribution in [0.15, 0.2) is 0 Å². The van der Waals surface area contributed by atoms with Crippen LogP contribution < -0.4 is 0 Å². The molecule has 0 atom stereocenters. The first-order chi connectivity index (χ1) is 3.46. The predicted octanol–water partition coefficient (Wildman–Crippen LogP) is 2.52. The first-order valence-electron chi connectivity index (χ1n) is 0.606. The summed E-state index contributed by atoms with van der Waals surface area (Å²) in [6.07, 6.45) is 0. The van der Waals surface area contributed by atoms with Crippen molar-refractivity contribution in [3.63, 3.8) is 0 Å². The Morgan fingerprint density at radius 3 is 0.500 bits per heavy atom. The van der Waals surface area contributed by atoms with Gasteiger partial charge >= 0.3 is 87.4 Å². The van der Waals surface area contributed by atoms with E-state index in [9.17, 15) is 1.87 Å². The number of hydrogen-bond acceptors (Lipinski definition) is 0. The topological polar surface area (TPSA) is 0 Å². The molecule has 0 nitrogen and oxygen atoms in total. The van der Waals surface area contributed by atoms with Crippen LogP contribution in [0.1, 0.15) is 0 Å². The second-order valence-electron chi connectivity index (χ2n) is 0.229. The fourth-order valence-corrected chi connectivity index (χ4v) is 0. The third kappa shape index (κ3) is 72.9. The van der Waals surface area contributed by atoms with E-state index in [1.54, 1.807) is 0 Å². The van der Waals surface area contributed by atoms with Crippen molar-refractivity contribution in [1.29, 1.82) is 0 Å². The van der Waals surface area contributed by atoms with Crippen LogP contribution in [0.5, 0.6) is 0 Å². The molecule has 0 aromatic heterocycles. The summed E-state index contributed by atoms with van der Waals surface area (Å²) in [5.74, 6) is 0. The predicted molar refractivity (Wildman–Crippen MR) is 6.65 cm³/mol. The Bertz CT molecular complexity index is 22.0. The van der Waals surface area contributed by atoms with Crippen molar-refractivity contribution < 1.29 is 87.4 Å². The summed E-state index contributed by atoms with van der Waals surface area (Å²) in [4.78, 5) is 0. The summed E-state index contributed by atoms with van der Waals surface area (Å²) >= 11 is -9.02. The summed E-state index contributed by atoms with van der Waals surface area (Å²) in [5.41, 5.74) is 0. The molecule has 0 bridgehead atoms. The third-order valence-electron chi connectivity index (χ3n) is 0. The van der Waals surface area contributed by atoms with Crippen LogP contribution in [0.2, 0.25) is 0 Å². The van der Waals surface area contributed by atoms with Gasteiger partial charge in [0, 0.05) is 0 Å². The van der Waals surface area contributed by atoms with Crippen LogP contribution in [-0.4, -0.2) is 0 Å². The maximum atomic E-state index is 9.79. The molecule has 8 heavy (non-hydrogen) atoms. The molecule has 0 rings (SSSR count). The molecule has 0 aliphatic rings. The van der Waals surface area contributed by atoms with E-state index in [-0.39, 0.29) is 0 Å². The Kier molecular flexibility index (Phi) is 15.9. The molecule has 8 heteroatoms. The van der Waals surface area contributed by atoms with Crippen molar-refractivity contribution in [2.75, 3.05) is 0 Å². The fraction of sp³-hybridized carbons (Fsp3) is 0. The van der Waals surface area contributed by atoms with Gasteiger partial charge in [0.1, 0.15) is 0 Å². The van der Waals surface area contributed by atoms with Crippen molar-refractivity contribution in [2.45, 2.75) is 0 Å². The van der Waals surface area contributed by atoms with Gasteiger partial charge in [0.15, 0.2) is 0 Å². The molecule has 0 saturated carbocycles. The van der Waals surface area contributed by atoms with Crippen LogP contribution in [0, 0.1) is 85.5 Å². The van der Waals surface area contributed by atoms with Crippen molar-refractivity contribution in [3.8, 4) is 0 Å². The molecule has 0 aromatic rings. The SMILES string of the molecule is [F][Yb]([F])[F].[F][Yb]([F])[F]. The fourth-order valence-electron chi connectivity index (χ4n) is 0. The van der Waals surface area contributed by atoms with E-state index in [0.29, 0.717) is 0 Å². The molecule has 70 valence electrons. The van der Waals surface area contributed by atoms with E-state index in [0.717, 1.165) is 0 Å². The summed E-state index contributed by atoms with van der Waals surface area (Å²) in [5, 5.41) is 0. The molecule has 0 aromatic carbocycles. The van der Waals surface area contributed by atoms with Gasteiger partial charge in [0.2, 0.25) is 0 Å². The normalized spacial score (nSPS) is 11.2. The van der Waals surface area contributed by atoms with Crippen molar-refractivity contribution in [2.24, 2.45) is 0 Å². The zero-order valence-electron chi connectivity index (χ0n) is 2.80. The Hall–Kier alpha value is 2.62. The van der Waals surface area contributed by atoms with Crippen LogP contribution in [0.25, 0.3) is 0 Å². The summed E-state index contributed by atoms with van der Waals surface area (Å²) in [7, 11) is 0. The van der Waals surface area contributed by atoms with Crippen LogP contribution in [-0.2, 0) is 0 Å². The van der Waals surface area contributed by atoms with Gasteiger partial charge in [-0.15, -0.1) is 0 Å². The molecule has 0 aliphatic heterocycles. The second-order valence-corrected chi connectivity index (χ2v) is 1.70. The molecule has 0 aliphatic carbocycles. The molecular formula is F6Yb2. The molecule has 0 fully saturated rings. The molecule has 0 unspecified atom stereocenters. The van der Waals surface area contributed by atoms with E-state index in [1.807, 2.05) is 0 Å². The minimum atomic E-state index is -4.51. The van der Waals surface area contributed by atoms with Gasteiger partial charge in [-0.2, -0.15) is 0 Å². The Morgan fingerprint density at radius 2 is 0.500 bits per heavy atom. The number of halogens is 6. The third-order valence-corrected chi connectivity index (χ3v) is 0. The van der Waals surface area contributed by atoms with Gasteiger partial charge < -0.3 is 0 Å². The van der Waals surface area contributed by atoms with Gasteiger partial charge in [0.05, 0.1) is 0 Å². The molecule has 0 saturated heterocycles. The monoisotopic (exact) mass is 462 g/mol. The van der Waals surface area contributed by atoms with Crippen molar-refractivity contribution >= 4 is 0 Å². The second kappa shape index (κ2) is 9.62. The molecule has 0 amide bonds. The van der Waals surface area contributed by atoms with E-state index in [4.69, 9.17) is 0 Å². The Labute approximate surface area is 84.6 Å². The van der Waals surface area contributed by atoms with Crippen LogP contribution in [0.3, 0.4) is 0 Å². The van der Waals surface area contributed by atoms with E-state index >= 15 is 0 Å². The van der Waals surface area contributed by atoms with Crippen molar-refractivity contribution in [3.05, 3.63) is 0 Å². The summed E-state index contributed by atoms with van der Waals surface area (Å²) in [6, 6.07) is 0. The van der Waals surface area contributed by atoms with Gasteiger partial charge in [0.25, 0.3) is 0 Å². The summed E-state index contributed by atoms with van der Waals surface area (Å²) in [6.45, 7) is 0. The summed E-state index contributed by atoms with van der Waals surface area (Å²) < 4.78 is 58.7. The number of rotatable bonds is 0. The van der Waals surface area contributed by atoms with Crippen LogP contribution in [0.4, 0.5) is 1.87 Å². The first kappa shape index (κ1) is 13.2. The zero-order chi connectivity index (χ0) is 7.15. The quantitative estimate of drug-likeness (QED) is 0.488. The van der Waals surface area contributed by atoms with Gasteiger partial charge in [-0.25, -0.2) is 0 Å². The molecular weight excluding hydrogens is 460 g/mol. The van der Waals surface area contributed by atoms with Crippen molar-refractivity contribution in [1.82, 2.24) is 0 Å². The molecule has 0 spiro atoms. The van der Waals surface area contributed by atoms with E-state index in [1.165, 1.54) is 0 Å². The molecule has 0 radical (unpaired) electrons. The molecule has 0 N–H and O–H groups in total. The Morgan fingerprint density at radius 1 is 0.500 bits per heavy atom. The van der Waals surface area contributed by atoms with E-state index in [2.05, 4.69) is 0 Å².